The van der Waals surface area contributed by atoms with Crippen LogP contribution >= 0.6 is 0 Å². The number of hydrogen-bond acceptors (Lipinski definition) is 2. The Hall–Kier alpha value is -1.06. The SMILES string of the molecule is C[C@H]1CC[C@H](NC(=O)C2CNC(=O)C2)CC1. The summed E-state index contributed by atoms with van der Waals surface area (Å²) in [7, 11) is 0. The van der Waals surface area contributed by atoms with Gasteiger partial charge in [-0.2, -0.15) is 0 Å². The molecule has 1 atom stereocenters. The van der Waals surface area contributed by atoms with E-state index in [4.69, 9.17) is 0 Å². The molecule has 0 aromatic rings. The standard InChI is InChI=1S/C12H20N2O2/c1-8-2-4-10(5-3-8)14-12(16)9-6-11(15)13-7-9/h8-10H,2-7H2,1H3,(H,13,15)(H,14,16)/t8-,9?,10-. The zero-order valence-corrected chi connectivity index (χ0v) is 9.79. The summed E-state index contributed by atoms with van der Waals surface area (Å²) in [6.07, 6.45) is 4.93. The molecule has 2 rings (SSSR count). The van der Waals surface area contributed by atoms with Crippen LogP contribution in [0, 0.1) is 11.8 Å². The van der Waals surface area contributed by atoms with Crippen molar-refractivity contribution in [3.05, 3.63) is 0 Å². The van der Waals surface area contributed by atoms with E-state index < -0.39 is 0 Å². The predicted octanol–water partition coefficient (Wildman–Crippen LogP) is 0.817. The normalized spacial score (nSPS) is 34.6. The number of hydrogen-bond donors (Lipinski definition) is 2. The van der Waals surface area contributed by atoms with E-state index in [1.165, 1.54) is 12.8 Å². The quantitative estimate of drug-likeness (QED) is 0.729. The number of carbonyl (C=O) groups excluding carboxylic acids is 2. The number of nitrogens with one attached hydrogen (secondary N) is 2. The molecular weight excluding hydrogens is 204 g/mol. The zero-order valence-electron chi connectivity index (χ0n) is 9.79. The van der Waals surface area contributed by atoms with E-state index in [9.17, 15) is 9.59 Å². The zero-order chi connectivity index (χ0) is 11.5. The van der Waals surface area contributed by atoms with Gasteiger partial charge in [0.15, 0.2) is 0 Å². The summed E-state index contributed by atoms with van der Waals surface area (Å²) in [5.74, 6) is 0.699. The smallest absolute Gasteiger partial charge is 0.225 e. The third-order valence-corrected chi connectivity index (χ3v) is 3.71. The van der Waals surface area contributed by atoms with Crippen LogP contribution in [0.2, 0.25) is 0 Å². The highest BCUT2D eigenvalue weighted by molar-refractivity contribution is 5.89. The molecule has 90 valence electrons. The molecule has 4 nitrogen and oxygen atoms in total. The van der Waals surface area contributed by atoms with Gasteiger partial charge in [-0.25, -0.2) is 0 Å². The first-order valence-electron chi connectivity index (χ1n) is 6.22. The average Bonchev–Trinajstić information content (AvgIpc) is 2.68. The summed E-state index contributed by atoms with van der Waals surface area (Å²) < 4.78 is 0. The molecule has 2 fully saturated rings. The van der Waals surface area contributed by atoms with Gasteiger partial charge in [-0.1, -0.05) is 6.92 Å². The van der Waals surface area contributed by atoms with Crippen molar-refractivity contribution in [3.63, 3.8) is 0 Å². The molecule has 0 radical (unpaired) electrons. The molecule has 16 heavy (non-hydrogen) atoms. The Labute approximate surface area is 96.2 Å². The molecule has 4 heteroatoms. The molecule has 1 heterocycles. The van der Waals surface area contributed by atoms with Crippen LogP contribution in [0.5, 0.6) is 0 Å². The van der Waals surface area contributed by atoms with Crippen LogP contribution in [0.15, 0.2) is 0 Å². The topological polar surface area (TPSA) is 58.2 Å². The molecule has 2 aliphatic rings. The fourth-order valence-electron chi connectivity index (χ4n) is 2.51. The molecule has 1 saturated carbocycles. The Morgan fingerprint density at radius 2 is 2.00 bits per heavy atom. The molecule has 1 saturated heterocycles. The van der Waals surface area contributed by atoms with Gasteiger partial charge < -0.3 is 10.6 Å². The van der Waals surface area contributed by atoms with Crippen molar-refractivity contribution in [2.45, 2.75) is 45.1 Å². The van der Waals surface area contributed by atoms with E-state index in [0.29, 0.717) is 19.0 Å². The van der Waals surface area contributed by atoms with Crippen LogP contribution in [-0.2, 0) is 9.59 Å². The van der Waals surface area contributed by atoms with E-state index in [0.717, 1.165) is 18.8 Å². The summed E-state index contributed by atoms with van der Waals surface area (Å²) in [5.41, 5.74) is 0. The molecule has 0 spiro atoms. The molecule has 1 unspecified atom stereocenters. The lowest BCUT2D eigenvalue weighted by Gasteiger charge is -2.27. The van der Waals surface area contributed by atoms with Crippen molar-refractivity contribution >= 4 is 11.8 Å². The predicted molar refractivity (Wildman–Crippen MR) is 60.7 cm³/mol. The molecule has 0 aromatic carbocycles. The second-order valence-corrected chi connectivity index (χ2v) is 5.17. The van der Waals surface area contributed by atoms with E-state index in [-0.39, 0.29) is 17.7 Å². The molecule has 1 aliphatic heterocycles. The van der Waals surface area contributed by atoms with Crippen molar-refractivity contribution in [1.82, 2.24) is 10.6 Å². The Kier molecular flexibility index (Phi) is 3.46. The van der Waals surface area contributed by atoms with E-state index in [1.807, 2.05) is 0 Å². The van der Waals surface area contributed by atoms with Gasteiger partial charge in [0.25, 0.3) is 0 Å². The Balaban J connectivity index is 1.77. The van der Waals surface area contributed by atoms with Crippen molar-refractivity contribution in [1.29, 1.82) is 0 Å². The lowest BCUT2D eigenvalue weighted by molar-refractivity contribution is -0.127. The van der Waals surface area contributed by atoms with Gasteiger partial charge in [0.1, 0.15) is 0 Å². The fraction of sp³-hybridized carbons (Fsp3) is 0.833. The molecule has 0 aromatic heterocycles. The van der Waals surface area contributed by atoms with Crippen LogP contribution in [0.3, 0.4) is 0 Å². The van der Waals surface area contributed by atoms with Crippen molar-refractivity contribution in [2.75, 3.05) is 6.54 Å². The molecular formula is C12H20N2O2. The van der Waals surface area contributed by atoms with Gasteiger partial charge in [-0.05, 0) is 31.6 Å². The maximum atomic E-state index is 11.8. The minimum Gasteiger partial charge on any atom is -0.355 e. The summed E-state index contributed by atoms with van der Waals surface area (Å²) in [6.45, 7) is 2.77. The highest BCUT2D eigenvalue weighted by Gasteiger charge is 2.29. The number of rotatable bonds is 2. The van der Waals surface area contributed by atoms with E-state index >= 15 is 0 Å². The van der Waals surface area contributed by atoms with Gasteiger partial charge in [0, 0.05) is 19.0 Å². The van der Waals surface area contributed by atoms with Crippen LogP contribution in [-0.4, -0.2) is 24.4 Å². The van der Waals surface area contributed by atoms with Crippen LogP contribution < -0.4 is 10.6 Å². The van der Waals surface area contributed by atoms with Gasteiger partial charge in [0.05, 0.1) is 5.92 Å². The average molecular weight is 224 g/mol. The van der Waals surface area contributed by atoms with Gasteiger partial charge in [-0.3, -0.25) is 9.59 Å². The molecule has 2 amide bonds. The highest BCUT2D eigenvalue weighted by atomic mass is 16.2. The van der Waals surface area contributed by atoms with E-state index in [1.54, 1.807) is 0 Å². The summed E-state index contributed by atoms with van der Waals surface area (Å²) in [6, 6.07) is 0.333. The second kappa shape index (κ2) is 4.85. The lowest BCUT2D eigenvalue weighted by atomic mass is 9.87. The molecule has 0 bridgehead atoms. The lowest BCUT2D eigenvalue weighted by Crippen LogP contribution is -2.41. The largest absolute Gasteiger partial charge is 0.355 e. The minimum absolute atomic E-state index is 0.00239. The van der Waals surface area contributed by atoms with Gasteiger partial charge in [-0.15, -0.1) is 0 Å². The first-order chi connectivity index (χ1) is 7.65. The fourth-order valence-corrected chi connectivity index (χ4v) is 2.51. The molecule has 1 aliphatic carbocycles. The highest BCUT2D eigenvalue weighted by Crippen LogP contribution is 2.23. The first kappa shape index (κ1) is 11.4. The maximum absolute atomic E-state index is 11.8. The summed E-state index contributed by atoms with van der Waals surface area (Å²) in [4.78, 5) is 22.8. The first-order valence-corrected chi connectivity index (χ1v) is 6.22. The summed E-state index contributed by atoms with van der Waals surface area (Å²) in [5, 5.41) is 5.77. The third kappa shape index (κ3) is 2.74. The monoisotopic (exact) mass is 224 g/mol. The van der Waals surface area contributed by atoms with Crippen molar-refractivity contribution in [3.8, 4) is 0 Å². The van der Waals surface area contributed by atoms with Crippen molar-refractivity contribution < 1.29 is 9.59 Å². The van der Waals surface area contributed by atoms with Crippen LogP contribution in [0.4, 0.5) is 0 Å². The Bertz CT molecular complexity index is 283. The maximum Gasteiger partial charge on any atom is 0.225 e. The van der Waals surface area contributed by atoms with Gasteiger partial charge in [0.2, 0.25) is 11.8 Å². The number of amides is 2. The third-order valence-electron chi connectivity index (χ3n) is 3.71. The Morgan fingerprint density at radius 1 is 1.31 bits per heavy atom. The van der Waals surface area contributed by atoms with Crippen LogP contribution in [0.1, 0.15) is 39.0 Å². The molecule has 2 N–H and O–H groups in total. The van der Waals surface area contributed by atoms with Gasteiger partial charge >= 0.3 is 0 Å². The van der Waals surface area contributed by atoms with E-state index in [2.05, 4.69) is 17.6 Å². The van der Waals surface area contributed by atoms with Crippen LogP contribution in [0.25, 0.3) is 0 Å². The number of carbonyl (C=O) groups is 2. The van der Waals surface area contributed by atoms with Crippen molar-refractivity contribution in [2.24, 2.45) is 11.8 Å². The summed E-state index contributed by atoms with van der Waals surface area (Å²) >= 11 is 0. The Morgan fingerprint density at radius 3 is 2.56 bits per heavy atom. The second-order valence-electron chi connectivity index (χ2n) is 5.17. The minimum atomic E-state index is -0.146.